The lowest BCUT2D eigenvalue weighted by Crippen LogP contribution is -2.55. The number of hydrogen-bond acceptors (Lipinski definition) is 5. The maximum absolute atomic E-state index is 13.9. The van der Waals surface area contributed by atoms with Gasteiger partial charge in [-0.1, -0.05) is 66.2 Å². The highest BCUT2D eigenvalue weighted by atomic mass is 35.5. The van der Waals surface area contributed by atoms with Gasteiger partial charge in [0.2, 0.25) is 0 Å². The van der Waals surface area contributed by atoms with E-state index in [0.29, 0.717) is 23.1 Å². The molecule has 1 aliphatic carbocycles. The first-order valence-electron chi connectivity index (χ1n) is 12.0. The van der Waals surface area contributed by atoms with Crippen LogP contribution in [0.15, 0.2) is 72.1 Å². The molecular formula is C28H30ClN3O2S. The van der Waals surface area contributed by atoms with Crippen LogP contribution in [0, 0.1) is 0 Å². The lowest BCUT2D eigenvalue weighted by atomic mass is 9.86. The third-order valence-corrected chi connectivity index (χ3v) is 8.24. The molecule has 182 valence electrons. The molecule has 0 N–H and O–H groups in total. The predicted molar refractivity (Wildman–Crippen MR) is 144 cm³/mol. The van der Waals surface area contributed by atoms with E-state index in [1.807, 2.05) is 10.3 Å². The first kappa shape index (κ1) is 24.1. The van der Waals surface area contributed by atoms with Crippen LogP contribution < -0.4 is 4.90 Å². The zero-order valence-electron chi connectivity index (χ0n) is 19.8. The Bertz CT molecular complexity index is 1170. The van der Waals surface area contributed by atoms with Crippen LogP contribution >= 0.6 is 22.9 Å². The largest absolute Gasteiger partial charge is 0.383 e. The number of carbonyl (C=O) groups is 1. The van der Waals surface area contributed by atoms with E-state index in [-0.39, 0.29) is 18.0 Å². The van der Waals surface area contributed by atoms with E-state index < -0.39 is 0 Å². The van der Waals surface area contributed by atoms with E-state index in [1.165, 1.54) is 22.6 Å². The average Bonchev–Trinajstić information content (AvgIpc) is 3.35. The van der Waals surface area contributed by atoms with Crippen LogP contribution in [0.3, 0.4) is 0 Å². The zero-order valence-corrected chi connectivity index (χ0v) is 21.4. The molecule has 0 bridgehead atoms. The molecule has 35 heavy (non-hydrogen) atoms. The van der Waals surface area contributed by atoms with Gasteiger partial charge in [0.05, 0.1) is 23.7 Å². The number of piperazine rings is 1. The van der Waals surface area contributed by atoms with Crippen molar-refractivity contribution < 1.29 is 9.53 Å². The van der Waals surface area contributed by atoms with Gasteiger partial charge in [-0.05, 0) is 34.7 Å². The molecule has 1 fully saturated rings. The number of para-hydroxylation sites is 1. The third-order valence-electron chi connectivity index (χ3n) is 6.91. The fraction of sp³-hybridized carbons (Fsp3) is 0.321. The first-order valence-corrected chi connectivity index (χ1v) is 13.3. The minimum absolute atomic E-state index is 0.0370. The molecule has 2 heterocycles. The van der Waals surface area contributed by atoms with Gasteiger partial charge in [0.1, 0.15) is 4.88 Å². The fourth-order valence-corrected chi connectivity index (χ4v) is 6.24. The van der Waals surface area contributed by atoms with Crippen molar-refractivity contribution >= 4 is 40.6 Å². The normalized spacial score (nSPS) is 20.0. The number of halogens is 1. The van der Waals surface area contributed by atoms with Crippen LogP contribution in [0.1, 0.15) is 26.8 Å². The number of anilines is 1. The predicted octanol–water partition coefficient (Wildman–Crippen LogP) is 5.45. The lowest BCUT2D eigenvalue weighted by molar-refractivity contribution is 0.0452. The highest BCUT2D eigenvalue weighted by molar-refractivity contribution is 7.12. The van der Waals surface area contributed by atoms with Crippen LogP contribution in [0.4, 0.5) is 5.69 Å². The van der Waals surface area contributed by atoms with Gasteiger partial charge in [-0.15, -0.1) is 11.3 Å². The van der Waals surface area contributed by atoms with Crippen molar-refractivity contribution in [3.05, 3.63) is 93.1 Å². The molecule has 0 radical (unpaired) electrons. The van der Waals surface area contributed by atoms with Crippen LogP contribution in [0.25, 0.3) is 6.08 Å². The summed E-state index contributed by atoms with van der Waals surface area (Å²) in [5, 5.41) is 2.38. The molecule has 2 aromatic carbocycles. The highest BCUT2D eigenvalue weighted by Gasteiger charge is 2.39. The molecule has 5 nitrogen and oxygen atoms in total. The molecule has 2 aliphatic rings. The second-order valence-electron chi connectivity index (χ2n) is 8.87. The minimum atomic E-state index is -0.125. The molecular weight excluding hydrogens is 478 g/mol. The molecule has 2 atom stereocenters. The Morgan fingerprint density at radius 1 is 1.06 bits per heavy atom. The SMILES string of the molecule is COCCN(C(=O)c1sccc1Cl)[C@@H]1c2ccccc2C=C[C@H]1N1CCN(c2ccccc2)CC1. The van der Waals surface area contributed by atoms with Crippen LogP contribution in [0.2, 0.25) is 5.02 Å². The monoisotopic (exact) mass is 507 g/mol. The molecule has 0 unspecified atom stereocenters. The molecule has 3 aromatic rings. The number of nitrogens with zero attached hydrogens (tertiary/aromatic N) is 3. The summed E-state index contributed by atoms with van der Waals surface area (Å²) in [6.45, 7) is 4.71. The quantitative estimate of drug-likeness (QED) is 0.426. The van der Waals surface area contributed by atoms with E-state index in [1.54, 1.807) is 13.2 Å². The number of fused-ring (bicyclic) bond motifs is 1. The van der Waals surface area contributed by atoms with Crippen molar-refractivity contribution in [1.82, 2.24) is 9.80 Å². The summed E-state index contributed by atoms with van der Waals surface area (Å²) in [5.41, 5.74) is 3.59. The maximum atomic E-state index is 13.9. The van der Waals surface area contributed by atoms with Crippen molar-refractivity contribution in [2.75, 3.05) is 51.3 Å². The highest BCUT2D eigenvalue weighted by Crippen LogP contribution is 2.38. The van der Waals surface area contributed by atoms with E-state index in [9.17, 15) is 4.79 Å². The molecule has 7 heteroatoms. The first-order chi connectivity index (χ1) is 17.2. The van der Waals surface area contributed by atoms with Crippen molar-refractivity contribution in [3.63, 3.8) is 0 Å². The van der Waals surface area contributed by atoms with Crippen LogP contribution in [-0.4, -0.2) is 68.2 Å². The van der Waals surface area contributed by atoms with E-state index in [2.05, 4.69) is 76.5 Å². The zero-order chi connectivity index (χ0) is 24.2. The Morgan fingerprint density at radius 2 is 1.80 bits per heavy atom. The number of rotatable bonds is 7. The smallest absolute Gasteiger partial charge is 0.266 e. The van der Waals surface area contributed by atoms with Crippen LogP contribution in [-0.2, 0) is 4.74 Å². The van der Waals surface area contributed by atoms with Gasteiger partial charge in [-0.25, -0.2) is 0 Å². The Hall–Kier alpha value is -2.64. The number of amides is 1. The summed E-state index contributed by atoms with van der Waals surface area (Å²) in [5.74, 6) is -0.0370. The number of methoxy groups -OCH3 is 1. The number of thiophene rings is 1. The summed E-state index contributed by atoms with van der Waals surface area (Å²) < 4.78 is 5.43. The Kier molecular flexibility index (Phi) is 7.54. The topological polar surface area (TPSA) is 36.0 Å². The van der Waals surface area contributed by atoms with E-state index in [4.69, 9.17) is 16.3 Å². The molecule has 1 amide bonds. The fourth-order valence-electron chi connectivity index (χ4n) is 5.15. The van der Waals surface area contributed by atoms with Gasteiger partial charge in [0.25, 0.3) is 5.91 Å². The summed E-state index contributed by atoms with van der Waals surface area (Å²) >= 11 is 7.81. The van der Waals surface area contributed by atoms with Crippen molar-refractivity contribution in [2.45, 2.75) is 12.1 Å². The molecule has 1 saturated heterocycles. The second-order valence-corrected chi connectivity index (χ2v) is 10.2. The average molecular weight is 508 g/mol. The standard InChI is InChI=1S/C28H30ClN3O2S/c1-34-19-18-32(28(33)27-24(29)13-20-35-27)26-23-10-6-5-7-21(23)11-12-25(26)31-16-14-30(15-17-31)22-8-3-2-4-9-22/h2-13,20,25-26H,14-19H2,1H3/t25-,26-/m1/s1. The maximum Gasteiger partial charge on any atom is 0.266 e. The van der Waals surface area contributed by atoms with Gasteiger partial charge < -0.3 is 14.5 Å². The van der Waals surface area contributed by atoms with Gasteiger partial charge in [0, 0.05) is 45.5 Å². The Morgan fingerprint density at radius 3 is 2.51 bits per heavy atom. The molecule has 0 spiro atoms. The van der Waals surface area contributed by atoms with Gasteiger partial charge >= 0.3 is 0 Å². The van der Waals surface area contributed by atoms with Gasteiger partial charge in [0.15, 0.2) is 0 Å². The molecule has 0 saturated carbocycles. The number of hydrogen-bond donors (Lipinski definition) is 0. The minimum Gasteiger partial charge on any atom is -0.383 e. The number of benzene rings is 2. The van der Waals surface area contributed by atoms with E-state index >= 15 is 0 Å². The van der Waals surface area contributed by atoms with Crippen molar-refractivity contribution in [3.8, 4) is 0 Å². The van der Waals surface area contributed by atoms with Crippen molar-refractivity contribution in [2.24, 2.45) is 0 Å². The molecule has 5 rings (SSSR count). The Labute approximate surface area is 216 Å². The summed E-state index contributed by atoms with van der Waals surface area (Å²) in [4.78, 5) is 21.4. The summed E-state index contributed by atoms with van der Waals surface area (Å²) in [6, 6.07) is 20.7. The van der Waals surface area contributed by atoms with Gasteiger partial charge in [-0.2, -0.15) is 0 Å². The number of ether oxygens (including phenoxy) is 1. The molecule has 1 aliphatic heterocycles. The van der Waals surface area contributed by atoms with E-state index in [0.717, 1.165) is 31.7 Å². The lowest BCUT2D eigenvalue weighted by Gasteiger charge is -2.46. The number of carbonyl (C=O) groups excluding carboxylic acids is 1. The third kappa shape index (κ3) is 5.02. The second kappa shape index (κ2) is 11.0. The molecule has 1 aromatic heterocycles. The summed E-state index contributed by atoms with van der Waals surface area (Å²) in [6.07, 6.45) is 4.48. The summed E-state index contributed by atoms with van der Waals surface area (Å²) in [7, 11) is 1.68. The van der Waals surface area contributed by atoms with Crippen molar-refractivity contribution in [1.29, 1.82) is 0 Å². The van der Waals surface area contributed by atoms with Crippen LogP contribution in [0.5, 0.6) is 0 Å². The Balaban J connectivity index is 1.46. The van der Waals surface area contributed by atoms with Gasteiger partial charge in [-0.3, -0.25) is 9.69 Å².